The van der Waals surface area contributed by atoms with Crippen molar-refractivity contribution in [3.8, 4) is 0 Å². The van der Waals surface area contributed by atoms with Crippen molar-refractivity contribution in [2.75, 3.05) is 26.7 Å². The summed E-state index contributed by atoms with van der Waals surface area (Å²) in [6.07, 6.45) is 7.12. The van der Waals surface area contributed by atoms with E-state index in [0.29, 0.717) is 5.92 Å². The Morgan fingerprint density at radius 2 is 1.76 bits per heavy atom. The zero-order chi connectivity index (χ0) is 14.7. The zero-order valence-corrected chi connectivity index (χ0v) is 13.6. The van der Waals surface area contributed by atoms with Crippen molar-refractivity contribution >= 4 is 0 Å². The van der Waals surface area contributed by atoms with Crippen LogP contribution in [0.25, 0.3) is 0 Å². The first-order valence-electron chi connectivity index (χ1n) is 8.71. The molecule has 2 fully saturated rings. The molecule has 2 unspecified atom stereocenters. The molecule has 0 aromatic heterocycles. The molecule has 3 rings (SSSR count). The second kappa shape index (κ2) is 6.93. The van der Waals surface area contributed by atoms with Crippen LogP contribution in [-0.4, -0.2) is 37.6 Å². The van der Waals surface area contributed by atoms with E-state index < -0.39 is 0 Å². The normalized spacial score (nSPS) is 27.4. The molecule has 1 N–H and O–H groups in total. The minimum absolute atomic E-state index is 0.691. The van der Waals surface area contributed by atoms with Crippen molar-refractivity contribution in [3.63, 3.8) is 0 Å². The monoisotopic (exact) mass is 286 g/mol. The van der Waals surface area contributed by atoms with Gasteiger partial charge in [-0.25, -0.2) is 0 Å². The highest BCUT2D eigenvalue weighted by molar-refractivity contribution is 5.26. The lowest BCUT2D eigenvalue weighted by Crippen LogP contribution is -2.38. The fraction of sp³-hybridized carbons (Fsp3) is 0.684. The molecule has 0 spiro atoms. The van der Waals surface area contributed by atoms with Gasteiger partial charge in [-0.2, -0.15) is 0 Å². The Labute approximate surface area is 129 Å². The quantitative estimate of drug-likeness (QED) is 0.910. The van der Waals surface area contributed by atoms with Crippen LogP contribution in [-0.2, 0) is 0 Å². The first-order valence-corrected chi connectivity index (χ1v) is 8.71. The zero-order valence-electron chi connectivity index (χ0n) is 13.6. The maximum atomic E-state index is 3.62. The number of hydrogen-bond acceptors (Lipinski definition) is 2. The number of nitrogens with one attached hydrogen (secondary N) is 1. The van der Waals surface area contributed by atoms with Crippen LogP contribution in [0.4, 0.5) is 0 Å². The Morgan fingerprint density at radius 3 is 2.48 bits per heavy atom. The first-order chi connectivity index (χ1) is 10.2. The van der Waals surface area contributed by atoms with Crippen LogP contribution in [0.2, 0.25) is 0 Å². The molecule has 1 heterocycles. The topological polar surface area (TPSA) is 15.3 Å². The maximum Gasteiger partial charge on any atom is 0.00923 e. The molecule has 2 atom stereocenters. The summed E-state index contributed by atoms with van der Waals surface area (Å²) in [7, 11) is 2.35. The summed E-state index contributed by atoms with van der Waals surface area (Å²) in [5.41, 5.74) is 2.88. The third-order valence-corrected chi connectivity index (χ3v) is 5.57. The Bertz CT molecular complexity index is 433. The lowest BCUT2D eigenvalue weighted by atomic mass is 9.87. The molecule has 1 saturated heterocycles. The molecular formula is C19H30N2. The van der Waals surface area contributed by atoms with Crippen molar-refractivity contribution in [1.29, 1.82) is 0 Å². The lowest BCUT2D eigenvalue weighted by molar-refractivity contribution is 0.166. The molecule has 1 aromatic rings. The summed E-state index contributed by atoms with van der Waals surface area (Å²) in [5.74, 6) is 1.45. The van der Waals surface area contributed by atoms with E-state index in [1.165, 1.54) is 56.3 Å². The van der Waals surface area contributed by atoms with Crippen LogP contribution in [0.1, 0.15) is 49.1 Å². The average Bonchev–Trinajstić information content (AvgIpc) is 2.97. The summed E-state index contributed by atoms with van der Waals surface area (Å²) < 4.78 is 0. The van der Waals surface area contributed by atoms with Gasteiger partial charge in [-0.1, -0.05) is 49.1 Å². The van der Waals surface area contributed by atoms with Crippen molar-refractivity contribution < 1.29 is 0 Å². The fourth-order valence-electron chi connectivity index (χ4n) is 4.17. The minimum Gasteiger partial charge on any atom is -0.316 e. The molecule has 1 aliphatic carbocycles. The second-order valence-electron chi connectivity index (χ2n) is 7.17. The molecule has 2 heteroatoms. The van der Waals surface area contributed by atoms with E-state index in [4.69, 9.17) is 0 Å². The van der Waals surface area contributed by atoms with Gasteiger partial charge in [0.2, 0.25) is 0 Å². The van der Waals surface area contributed by atoms with Crippen LogP contribution in [0.5, 0.6) is 0 Å². The smallest absolute Gasteiger partial charge is 0.00923 e. The maximum absolute atomic E-state index is 3.62. The second-order valence-corrected chi connectivity index (χ2v) is 7.17. The van der Waals surface area contributed by atoms with Gasteiger partial charge in [0.05, 0.1) is 0 Å². The predicted octanol–water partition coefficient (Wildman–Crippen LogP) is 3.56. The number of nitrogens with zero attached hydrogens (tertiary/aromatic N) is 1. The van der Waals surface area contributed by atoms with Gasteiger partial charge in [0.1, 0.15) is 0 Å². The highest BCUT2D eigenvalue weighted by Crippen LogP contribution is 2.30. The van der Waals surface area contributed by atoms with Crippen molar-refractivity contribution in [3.05, 3.63) is 35.4 Å². The largest absolute Gasteiger partial charge is 0.316 e. The number of aryl methyl sites for hydroxylation is 1. The summed E-state index contributed by atoms with van der Waals surface area (Å²) >= 11 is 0. The van der Waals surface area contributed by atoms with E-state index in [0.717, 1.165) is 18.5 Å². The third-order valence-electron chi connectivity index (χ3n) is 5.57. The summed E-state index contributed by atoms with van der Waals surface area (Å²) in [6.45, 7) is 5.74. The van der Waals surface area contributed by atoms with Crippen LogP contribution in [0, 0.1) is 12.8 Å². The third kappa shape index (κ3) is 3.67. The molecule has 116 valence electrons. The minimum atomic E-state index is 0.691. The van der Waals surface area contributed by atoms with Gasteiger partial charge in [-0.15, -0.1) is 0 Å². The Morgan fingerprint density at radius 1 is 1.05 bits per heavy atom. The Hall–Kier alpha value is -0.860. The van der Waals surface area contributed by atoms with Gasteiger partial charge in [0.15, 0.2) is 0 Å². The molecule has 1 saturated carbocycles. The standard InChI is InChI=1S/C19H30N2/c1-15-8-10-16(11-9-15)19-13-20-12-17(19)14-21(2)18-6-4-3-5-7-18/h8-11,17-20H,3-7,12-14H2,1-2H3. The first kappa shape index (κ1) is 15.1. The van der Waals surface area contributed by atoms with Crippen LogP contribution in [0.15, 0.2) is 24.3 Å². The highest BCUT2D eigenvalue weighted by Gasteiger charge is 2.30. The van der Waals surface area contributed by atoms with Gasteiger partial charge < -0.3 is 10.2 Å². The number of rotatable bonds is 4. The molecule has 2 nitrogen and oxygen atoms in total. The van der Waals surface area contributed by atoms with E-state index in [2.05, 4.69) is 48.5 Å². The van der Waals surface area contributed by atoms with Gasteiger partial charge in [-0.05, 0) is 44.8 Å². The molecule has 0 radical (unpaired) electrons. The van der Waals surface area contributed by atoms with Crippen LogP contribution >= 0.6 is 0 Å². The van der Waals surface area contributed by atoms with Crippen molar-refractivity contribution in [1.82, 2.24) is 10.2 Å². The lowest BCUT2D eigenvalue weighted by Gasteiger charge is -2.34. The Balaban J connectivity index is 1.62. The predicted molar refractivity (Wildman–Crippen MR) is 89.8 cm³/mol. The van der Waals surface area contributed by atoms with E-state index in [9.17, 15) is 0 Å². The van der Waals surface area contributed by atoms with Gasteiger partial charge >= 0.3 is 0 Å². The molecular weight excluding hydrogens is 256 g/mol. The SMILES string of the molecule is Cc1ccc(C2CNCC2CN(C)C2CCCCC2)cc1. The highest BCUT2D eigenvalue weighted by atomic mass is 15.1. The molecule has 21 heavy (non-hydrogen) atoms. The summed E-state index contributed by atoms with van der Waals surface area (Å²) in [5, 5.41) is 3.62. The molecule has 0 amide bonds. The number of hydrogen-bond donors (Lipinski definition) is 1. The van der Waals surface area contributed by atoms with E-state index in [1.807, 2.05) is 0 Å². The average molecular weight is 286 g/mol. The van der Waals surface area contributed by atoms with Crippen LogP contribution < -0.4 is 5.32 Å². The van der Waals surface area contributed by atoms with Crippen molar-refractivity contribution in [2.24, 2.45) is 5.92 Å². The van der Waals surface area contributed by atoms with Gasteiger partial charge in [0.25, 0.3) is 0 Å². The van der Waals surface area contributed by atoms with E-state index >= 15 is 0 Å². The summed E-state index contributed by atoms with van der Waals surface area (Å²) in [6, 6.07) is 10.0. The van der Waals surface area contributed by atoms with E-state index in [-0.39, 0.29) is 0 Å². The summed E-state index contributed by atoms with van der Waals surface area (Å²) in [4.78, 5) is 2.65. The number of benzene rings is 1. The van der Waals surface area contributed by atoms with E-state index in [1.54, 1.807) is 0 Å². The molecule has 1 aromatic carbocycles. The van der Waals surface area contributed by atoms with Crippen molar-refractivity contribution in [2.45, 2.75) is 51.0 Å². The van der Waals surface area contributed by atoms with Crippen LogP contribution in [0.3, 0.4) is 0 Å². The molecule has 0 bridgehead atoms. The van der Waals surface area contributed by atoms with Gasteiger partial charge in [-0.3, -0.25) is 0 Å². The Kier molecular flexibility index (Phi) is 4.97. The molecule has 2 aliphatic rings. The van der Waals surface area contributed by atoms with Gasteiger partial charge in [0, 0.05) is 25.0 Å². The fourth-order valence-corrected chi connectivity index (χ4v) is 4.17. The molecule has 1 aliphatic heterocycles.